The number of fused-ring (bicyclic) bond motifs is 1. The Bertz CT molecular complexity index is 1100. The van der Waals surface area contributed by atoms with E-state index in [1.807, 2.05) is 93.9 Å². The van der Waals surface area contributed by atoms with Gasteiger partial charge in [0.2, 0.25) is 0 Å². The van der Waals surface area contributed by atoms with E-state index in [2.05, 4.69) is 5.32 Å². The van der Waals surface area contributed by atoms with E-state index < -0.39 is 23.7 Å². The molecule has 34 heavy (non-hydrogen) atoms. The number of hydrogen-bond donors (Lipinski definition) is 1. The van der Waals surface area contributed by atoms with E-state index in [0.29, 0.717) is 19.3 Å². The molecule has 1 aromatic heterocycles. The van der Waals surface area contributed by atoms with Crippen LogP contribution in [0.2, 0.25) is 0 Å². The Kier molecular flexibility index (Phi) is 8.45. The van der Waals surface area contributed by atoms with Crippen molar-refractivity contribution in [1.82, 2.24) is 14.9 Å². The Balaban J connectivity index is 1.74. The van der Waals surface area contributed by atoms with Crippen molar-refractivity contribution in [3.05, 3.63) is 66.0 Å². The molecule has 0 saturated carbocycles. The van der Waals surface area contributed by atoms with Gasteiger partial charge in [-0.2, -0.15) is 0 Å². The number of para-hydroxylation sites is 2. The molecule has 0 radical (unpaired) electrons. The molecule has 2 aromatic carbocycles. The van der Waals surface area contributed by atoms with Crippen LogP contribution in [0.15, 0.2) is 54.6 Å². The van der Waals surface area contributed by atoms with Gasteiger partial charge >= 0.3 is 11.9 Å². The lowest BCUT2D eigenvalue weighted by atomic mass is 10.1. The number of esters is 2. The lowest BCUT2D eigenvalue weighted by molar-refractivity contribution is -0.158. The average molecular weight is 466 g/mol. The van der Waals surface area contributed by atoms with Crippen LogP contribution in [-0.2, 0) is 39.1 Å². The third-order valence-corrected chi connectivity index (χ3v) is 5.55. The summed E-state index contributed by atoms with van der Waals surface area (Å²) in [6.45, 7) is 7.55. The summed E-state index contributed by atoms with van der Waals surface area (Å²) >= 11 is 0. The zero-order valence-corrected chi connectivity index (χ0v) is 20.7. The number of rotatable bonds is 10. The van der Waals surface area contributed by atoms with Crippen LogP contribution in [0, 0.1) is 0 Å². The normalized spacial score (nSPS) is 13.4. The lowest BCUT2D eigenvalue weighted by Crippen LogP contribution is -2.49. The SMILES string of the molecule is CCC(N[C@@H](CCc1nc2ccccc2n1C)C(=O)OCc1ccccc1)C(=O)OC(C)(C)C. The van der Waals surface area contributed by atoms with Crippen molar-refractivity contribution in [3.63, 3.8) is 0 Å². The van der Waals surface area contributed by atoms with Crippen molar-refractivity contribution in [2.75, 3.05) is 0 Å². The summed E-state index contributed by atoms with van der Waals surface area (Å²) in [5.41, 5.74) is 2.25. The predicted octanol–water partition coefficient (Wildman–Crippen LogP) is 4.33. The largest absolute Gasteiger partial charge is 0.460 e. The number of carbonyl (C=O) groups excluding carboxylic acids is 2. The van der Waals surface area contributed by atoms with Crippen molar-refractivity contribution in [3.8, 4) is 0 Å². The second kappa shape index (κ2) is 11.3. The van der Waals surface area contributed by atoms with Gasteiger partial charge in [0.1, 0.15) is 30.1 Å². The van der Waals surface area contributed by atoms with Crippen LogP contribution in [0.3, 0.4) is 0 Å². The molecule has 3 rings (SSSR count). The van der Waals surface area contributed by atoms with Gasteiger partial charge in [0, 0.05) is 13.5 Å². The molecule has 0 bridgehead atoms. The number of carbonyl (C=O) groups is 2. The average Bonchev–Trinajstić information content (AvgIpc) is 3.12. The molecule has 1 N–H and O–H groups in total. The van der Waals surface area contributed by atoms with E-state index in [4.69, 9.17) is 14.5 Å². The highest BCUT2D eigenvalue weighted by molar-refractivity contribution is 5.80. The minimum Gasteiger partial charge on any atom is -0.460 e. The second-order valence-electron chi connectivity index (χ2n) is 9.42. The molecule has 1 unspecified atom stereocenters. The molecular weight excluding hydrogens is 430 g/mol. The maximum atomic E-state index is 13.1. The summed E-state index contributed by atoms with van der Waals surface area (Å²) in [5.74, 6) is 0.0948. The fourth-order valence-electron chi connectivity index (χ4n) is 3.76. The summed E-state index contributed by atoms with van der Waals surface area (Å²) in [4.78, 5) is 30.5. The number of ether oxygens (including phenoxy) is 2. The Labute approximate surface area is 201 Å². The summed E-state index contributed by atoms with van der Waals surface area (Å²) in [7, 11) is 1.97. The van der Waals surface area contributed by atoms with Gasteiger partial charge in [-0.1, -0.05) is 49.4 Å². The van der Waals surface area contributed by atoms with Crippen LogP contribution < -0.4 is 5.32 Å². The highest BCUT2D eigenvalue weighted by atomic mass is 16.6. The third-order valence-electron chi connectivity index (χ3n) is 5.55. The molecule has 0 aliphatic heterocycles. The lowest BCUT2D eigenvalue weighted by Gasteiger charge is -2.26. The van der Waals surface area contributed by atoms with E-state index >= 15 is 0 Å². The number of nitrogens with one attached hydrogen (secondary N) is 1. The fourth-order valence-corrected chi connectivity index (χ4v) is 3.76. The minimum absolute atomic E-state index is 0.174. The van der Waals surface area contributed by atoms with Crippen molar-refractivity contribution in [2.24, 2.45) is 7.05 Å². The van der Waals surface area contributed by atoms with E-state index in [-0.39, 0.29) is 12.6 Å². The topological polar surface area (TPSA) is 82.5 Å². The molecule has 3 aromatic rings. The van der Waals surface area contributed by atoms with Crippen LogP contribution >= 0.6 is 0 Å². The first-order valence-corrected chi connectivity index (χ1v) is 11.8. The van der Waals surface area contributed by atoms with Crippen LogP contribution in [0.1, 0.15) is 51.9 Å². The number of hydrogen-bond acceptors (Lipinski definition) is 6. The van der Waals surface area contributed by atoms with E-state index in [1.54, 1.807) is 0 Å². The first-order chi connectivity index (χ1) is 16.2. The van der Waals surface area contributed by atoms with Crippen LogP contribution in [-0.4, -0.2) is 39.2 Å². The van der Waals surface area contributed by atoms with Crippen LogP contribution in [0.4, 0.5) is 0 Å². The summed E-state index contributed by atoms with van der Waals surface area (Å²) in [6, 6.07) is 16.2. The molecule has 0 aliphatic carbocycles. The number of aryl methyl sites for hydroxylation is 2. The number of imidazole rings is 1. The van der Waals surface area contributed by atoms with Gasteiger partial charge in [-0.15, -0.1) is 0 Å². The monoisotopic (exact) mass is 465 g/mol. The van der Waals surface area contributed by atoms with E-state index in [9.17, 15) is 9.59 Å². The standard InChI is InChI=1S/C27H35N3O4/c1-6-20(26(32)34-27(2,3)4)28-22(25(31)33-18-19-12-8-7-9-13-19)16-17-24-29-21-14-10-11-15-23(21)30(24)5/h7-15,20,22,28H,6,16-18H2,1-5H3/t20?,22-/m0/s1. The van der Waals surface area contributed by atoms with Crippen molar-refractivity contribution >= 4 is 23.0 Å². The van der Waals surface area contributed by atoms with Crippen molar-refractivity contribution < 1.29 is 19.1 Å². The van der Waals surface area contributed by atoms with Gasteiger partial charge in [-0.3, -0.25) is 14.9 Å². The minimum atomic E-state index is -0.680. The molecule has 2 atom stereocenters. The number of nitrogens with zero attached hydrogens (tertiary/aromatic N) is 2. The van der Waals surface area contributed by atoms with E-state index in [1.165, 1.54) is 0 Å². The molecule has 182 valence electrons. The summed E-state index contributed by atoms with van der Waals surface area (Å²) in [6.07, 6.45) is 1.47. The Morgan fingerprint density at radius 1 is 1.00 bits per heavy atom. The van der Waals surface area contributed by atoms with Crippen LogP contribution in [0.5, 0.6) is 0 Å². The summed E-state index contributed by atoms with van der Waals surface area (Å²) < 4.78 is 13.2. The maximum absolute atomic E-state index is 13.1. The second-order valence-corrected chi connectivity index (χ2v) is 9.42. The highest BCUT2D eigenvalue weighted by Crippen LogP contribution is 2.17. The van der Waals surface area contributed by atoms with Gasteiger partial charge < -0.3 is 14.0 Å². The maximum Gasteiger partial charge on any atom is 0.323 e. The molecule has 7 heteroatoms. The number of benzene rings is 2. The van der Waals surface area contributed by atoms with Gasteiger partial charge in [0.25, 0.3) is 0 Å². The first-order valence-electron chi connectivity index (χ1n) is 11.8. The van der Waals surface area contributed by atoms with Gasteiger partial charge in [-0.25, -0.2) is 4.98 Å². The van der Waals surface area contributed by atoms with Crippen molar-refractivity contribution in [2.45, 2.75) is 71.2 Å². The molecule has 0 spiro atoms. The molecule has 0 aliphatic rings. The van der Waals surface area contributed by atoms with Crippen molar-refractivity contribution in [1.29, 1.82) is 0 Å². The molecule has 0 amide bonds. The Morgan fingerprint density at radius 2 is 1.68 bits per heavy atom. The fraction of sp³-hybridized carbons (Fsp3) is 0.444. The Hall–Kier alpha value is -3.19. The quantitative estimate of drug-likeness (QED) is 0.449. The zero-order valence-electron chi connectivity index (χ0n) is 20.7. The molecule has 7 nitrogen and oxygen atoms in total. The molecular formula is C27H35N3O4. The molecule has 0 saturated heterocycles. The third kappa shape index (κ3) is 6.90. The molecule has 0 fully saturated rings. The van der Waals surface area contributed by atoms with Crippen LogP contribution in [0.25, 0.3) is 11.0 Å². The zero-order chi connectivity index (χ0) is 24.7. The van der Waals surface area contributed by atoms with Gasteiger partial charge in [0.05, 0.1) is 11.0 Å². The smallest absolute Gasteiger partial charge is 0.323 e. The van der Waals surface area contributed by atoms with E-state index in [0.717, 1.165) is 22.4 Å². The number of aromatic nitrogens is 2. The highest BCUT2D eigenvalue weighted by Gasteiger charge is 2.30. The first kappa shape index (κ1) is 25.4. The summed E-state index contributed by atoms with van der Waals surface area (Å²) in [5, 5.41) is 3.20. The predicted molar refractivity (Wildman–Crippen MR) is 132 cm³/mol. The Morgan fingerprint density at radius 3 is 2.32 bits per heavy atom. The molecule has 1 heterocycles. The van der Waals surface area contributed by atoms with Gasteiger partial charge in [0.15, 0.2) is 0 Å². The van der Waals surface area contributed by atoms with Gasteiger partial charge in [-0.05, 0) is 51.3 Å².